The number of hydrogen-bond donors (Lipinski definition) is 0. The first-order valence-electron chi connectivity index (χ1n) is 9.81. The van der Waals surface area contributed by atoms with Gasteiger partial charge < -0.3 is 4.74 Å². The first-order chi connectivity index (χ1) is 15.2. The molecular formula is C25H16ClN3OS. The third-order valence-corrected chi connectivity index (χ3v) is 6.32. The molecule has 0 spiro atoms. The Hall–Kier alpha value is -3.46. The highest BCUT2D eigenvalue weighted by atomic mass is 35.5. The first kappa shape index (κ1) is 19.5. The fraction of sp³-hybridized carbons (Fsp3) is 0.0800. The van der Waals surface area contributed by atoms with Crippen molar-refractivity contribution in [1.82, 2.24) is 9.97 Å². The molecule has 150 valence electrons. The quantitative estimate of drug-likeness (QED) is 0.298. The van der Waals surface area contributed by atoms with Crippen LogP contribution in [0.2, 0.25) is 5.02 Å². The van der Waals surface area contributed by atoms with Crippen LogP contribution in [-0.2, 0) is 0 Å². The molecule has 0 N–H and O–H groups in total. The van der Waals surface area contributed by atoms with Gasteiger partial charge in [-0.15, -0.1) is 11.3 Å². The molecule has 4 nitrogen and oxygen atoms in total. The van der Waals surface area contributed by atoms with Gasteiger partial charge in [-0.05, 0) is 36.8 Å². The maximum atomic E-state index is 10.0. The summed E-state index contributed by atoms with van der Waals surface area (Å²) in [6, 6.07) is 23.9. The average molecular weight is 442 g/mol. The van der Waals surface area contributed by atoms with E-state index in [-0.39, 0.29) is 0 Å². The van der Waals surface area contributed by atoms with Crippen LogP contribution in [0.15, 0.2) is 66.7 Å². The van der Waals surface area contributed by atoms with Gasteiger partial charge in [0, 0.05) is 21.5 Å². The number of benzene rings is 2. The summed E-state index contributed by atoms with van der Waals surface area (Å²) < 4.78 is 6.75. The van der Waals surface area contributed by atoms with Gasteiger partial charge in [-0.3, -0.25) is 0 Å². The van der Waals surface area contributed by atoms with E-state index < -0.39 is 0 Å². The fourth-order valence-corrected chi connectivity index (χ4v) is 4.81. The highest BCUT2D eigenvalue weighted by Crippen LogP contribution is 2.43. The summed E-state index contributed by atoms with van der Waals surface area (Å²) in [5, 5.41) is 11.6. The van der Waals surface area contributed by atoms with E-state index in [4.69, 9.17) is 21.3 Å². The van der Waals surface area contributed by atoms with Gasteiger partial charge in [0.1, 0.15) is 16.5 Å². The molecule has 0 saturated heterocycles. The van der Waals surface area contributed by atoms with Crippen LogP contribution in [0.25, 0.3) is 42.8 Å². The van der Waals surface area contributed by atoms with Crippen molar-refractivity contribution in [1.29, 1.82) is 5.26 Å². The van der Waals surface area contributed by atoms with Crippen LogP contribution < -0.4 is 4.74 Å². The van der Waals surface area contributed by atoms with Crippen molar-refractivity contribution < 1.29 is 4.74 Å². The fourth-order valence-electron chi connectivity index (χ4n) is 3.67. The molecule has 0 amide bonds. The van der Waals surface area contributed by atoms with Crippen LogP contribution in [0.1, 0.15) is 12.5 Å². The molecule has 0 aliphatic carbocycles. The molecule has 0 bridgehead atoms. The average Bonchev–Trinajstić information content (AvgIpc) is 3.16. The predicted octanol–water partition coefficient (Wildman–Crippen LogP) is 7.10. The molecule has 0 saturated carbocycles. The van der Waals surface area contributed by atoms with E-state index in [1.54, 1.807) is 11.3 Å². The highest BCUT2D eigenvalue weighted by molar-refractivity contribution is 7.25. The molecule has 0 fully saturated rings. The number of pyridine rings is 2. The molecule has 0 atom stereocenters. The lowest BCUT2D eigenvalue weighted by Gasteiger charge is -2.11. The van der Waals surface area contributed by atoms with Gasteiger partial charge in [-0.25, -0.2) is 9.97 Å². The van der Waals surface area contributed by atoms with Crippen LogP contribution in [-0.4, -0.2) is 16.6 Å². The minimum Gasteiger partial charge on any atom is -0.477 e. The SMILES string of the molecule is CCOc1nc2sc3ccc(-c4ccc(Cl)cc4)nc3c2c(-c2ccccc2)c1C#N. The maximum absolute atomic E-state index is 10.0. The van der Waals surface area contributed by atoms with Crippen LogP contribution in [0.3, 0.4) is 0 Å². The molecule has 5 aromatic rings. The molecule has 2 aromatic carbocycles. The van der Waals surface area contributed by atoms with Gasteiger partial charge in [0.25, 0.3) is 0 Å². The van der Waals surface area contributed by atoms with Crippen molar-refractivity contribution in [3.63, 3.8) is 0 Å². The second kappa shape index (κ2) is 7.99. The third-order valence-electron chi connectivity index (χ3n) is 5.03. The number of thiophene rings is 1. The Labute approximate surface area is 188 Å². The topological polar surface area (TPSA) is 58.8 Å². The van der Waals surface area contributed by atoms with Gasteiger partial charge >= 0.3 is 0 Å². The van der Waals surface area contributed by atoms with Crippen LogP contribution in [0.5, 0.6) is 5.88 Å². The summed E-state index contributed by atoms with van der Waals surface area (Å²) in [6.45, 7) is 2.32. The monoisotopic (exact) mass is 441 g/mol. The number of rotatable bonds is 4. The molecule has 5 rings (SSSR count). The number of aromatic nitrogens is 2. The summed E-state index contributed by atoms with van der Waals surface area (Å²) >= 11 is 7.60. The normalized spacial score (nSPS) is 11.0. The Bertz CT molecular complexity index is 1450. The molecule has 0 aliphatic rings. The summed E-state index contributed by atoms with van der Waals surface area (Å²) in [6.07, 6.45) is 0. The summed E-state index contributed by atoms with van der Waals surface area (Å²) in [5.74, 6) is 0.362. The maximum Gasteiger partial charge on any atom is 0.233 e. The smallest absolute Gasteiger partial charge is 0.233 e. The standard InChI is InChI=1S/C25H16ClN3OS/c1-2-30-24-18(14-27)21(16-6-4-3-5-7-16)22-23-20(31-25(22)29-24)13-12-19(28-23)15-8-10-17(26)11-9-15/h3-13H,2H2,1H3. The molecule has 31 heavy (non-hydrogen) atoms. The number of ether oxygens (including phenoxy) is 1. The van der Waals surface area contributed by atoms with E-state index in [2.05, 4.69) is 17.1 Å². The van der Waals surface area contributed by atoms with E-state index in [1.165, 1.54) is 0 Å². The van der Waals surface area contributed by atoms with Gasteiger partial charge in [0.05, 0.1) is 22.5 Å². The van der Waals surface area contributed by atoms with Crippen LogP contribution in [0, 0.1) is 11.3 Å². The molecule has 0 unspecified atom stereocenters. The Morgan fingerprint density at radius 2 is 1.74 bits per heavy atom. The van der Waals surface area contributed by atoms with Crippen LogP contribution in [0.4, 0.5) is 0 Å². The third kappa shape index (κ3) is 3.40. The predicted molar refractivity (Wildman–Crippen MR) is 127 cm³/mol. The summed E-state index contributed by atoms with van der Waals surface area (Å²) in [7, 11) is 0. The Kier molecular flexibility index (Phi) is 5.03. The van der Waals surface area contributed by atoms with Crippen molar-refractivity contribution in [2.24, 2.45) is 0 Å². The van der Waals surface area contributed by atoms with Crippen molar-refractivity contribution in [3.8, 4) is 34.3 Å². The number of halogens is 1. The zero-order valence-corrected chi connectivity index (χ0v) is 18.2. The zero-order chi connectivity index (χ0) is 21.4. The van der Waals surface area contributed by atoms with Crippen molar-refractivity contribution in [3.05, 3.63) is 77.3 Å². The minimum atomic E-state index is 0.362. The van der Waals surface area contributed by atoms with Crippen LogP contribution >= 0.6 is 22.9 Å². The van der Waals surface area contributed by atoms with E-state index >= 15 is 0 Å². The number of nitrogens with zero attached hydrogens (tertiary/aromatic N) is 3. The van der Waals surface area contributed by atoms with E-state index in [0.29, 0.717) is 23.1 Å². The second-order valence-electron chi connectivity index (χ2n) is 6.91. The Balaban J connectivity index is 1.87. The van der Waals surface area contributed by atoms with Gasteiger partial charge in [-0.1, -0.05) is 54.1 Å². The van der Waals surface area contributed by atoms with Crippen molar-refractivity contribution in [2.75, 3.05) is 6.61 Å². The number of nitriles is 1. The Morgan fingerprint density at radius 3 is 2.45 bits per heavy atom. The lowest BCUT2D eigenvalue weighted by Crippen LogP contribution is -2.00. The summed E-state index contributed by atoms with van der Waals surface area (Å²) in [4.78, 5) is 10.5. The number of hydrogen-bond acceptors (Lipinski definition) is 5. The zero-order valence-electron chi connectivity index (χ0n) is 16.6. The molecule has 3 aromatic heterocycles. The lowest BCUT2D eigenvalue weighted by atomic mass is 9.98. The van der Waals surface area contributed by atoms with Gasteiger partial charge in [-0.2, -0.15) is 5.26 Å². The van der Waals surface area contributed by atoms with E-state index in [0.717, 1.165) is 42.8 Å². The number of fused-ring (bicyclic) bond motifs is 3. The second-order valence-corrected chi connectivity index (χ2v) is 8.38. The summed E-state index contributed by atoms with van der Waals surface area (Å²) in [5.41, 5.74) is 4.83. The van der Waals surface area contributed by atoms with Crippen molar-refractivity contribution in [2.45, 2.75) is 6.92 Å². The molecular weight excluding hydrogens is 426 g/mol. The molecule has 6 heteroatoms. The highest BCUT2D eigenvalue weighted by Gasteiger charge is 2.22. The van der Waals surface area contributed by atoms with E-state index in [9.17, 15) is 5.26 Å². The van der Waals surface area contributed by atoms with E-state index in [1.807, 2.05) is 67.6 Å². The molecule has 0 aliphatic heterocycles. The first-order valence-corrected chi connectivity index (χ1v) is 11.0. The van der Waals surface area contributed by atoms with Gasteiger partial charge in [0.15, 0.2) is 0 Å². The minimum absolute atomic E-state index is 0.362. The Morgan fingerprint density at radius 1 is 0.968 bits per heavy atom. The van der Waals surface area contributed by atoms with Gasteiger partial charge in [0.2, 0.25) is 5.88 Å². The molecule has 0 radical (unpaired) electrons. The largest absolute Gasteiger partial charge is 0.477 e. The lowest BCUT2D eigenvalue weighted by molar-refractivity contribution is 0.327. The molecule has 3 heterocycles. The van der Waals surface area contributed by atoms with Crippen molar-refractivity contribution >= 4 is 43.4 Å².